The van der Waals surface area contributed by atoms with Crippen LogP contribution in [0.4, 0.5) is 4.39 Å². The molecule has 0 unspecified atom stereocenters. The van der Waals surface area contributed by atoms with E-state index in [1.165, 1.54) is 11.6 Å². The zero-order valence-corrected chi connectivity index (χ0v) is 17.7. The molecule has 0 spiro atoms. The molecule has 1 aliphatic rings. The Bertz CT molecular complexity index is 771. The Kier molecular flexibility index (Phi) is 8.63. The Hall–Kier alpha value is -2.03. The van der Waals surface area contributed by atoms with Crippen LogP contribution in [0.15, 0.2) is 47.5 Å². The Balaban J connectivity index is 0.00000261. The third kappa shape index (κ3) is 6.57. The van der Waals surface area contributed by atoms with Gasteiger partial charge in [0.15, 0.2) is 17.5 Å². The highest BCUT2D eigenvalue weighted by molar-refractivity contribution is 14.0. The molecule has 1 aliphatic heterocycles. The predicted octanol–water partition coefficient (Wildman–Crippen LogP) is 3.51. The van der Waals surface area contributed by atoms with Gasteiger partial charge < -0.3 is 20.1 Å². The number of hydrogen-bond donors (Lipinski definition) is 2. The number of guanidine groups is 1. The Morgan fingerprint density at radius 2 is 1.78 bits per heavy atom. The second kappa shape index (κ2) is 11.0. The predicted molar refractivity (Wildman–Crippen MR) is 116 cm³/mol. The van der Waals surface area contributed by atoms with Crippen LogP contribution in [0.5, 0.6) is 11.5 Å². The van der Waals surface area contributed by atoms with Crippen LogP contribution in [0.2, 0.25) is 0 Å². The molecule has 2 N–H and O–H groups in total. The lowest BCUT2D eigenvalue weighted by Crippen LogP contribution is -2.38. The Labute approximate surface area is 176 Å². The van der Waals surface area contributed by atoms with E-state index in [9.17, 15) is 4.39 Å². The summed E-state index contributed by atoms with van der Waals surface area (Å²) in [4.78, 5) is 4.23. The number of aryl methyl sites for hydroxylation is 1. The normalized spacial score (nSPS) is 12.4. The number of hydrogen-bond acceptors (Lipinski definition) is 3. The number of ether oxygens (including phenoxy) is 2. The summed E-state index contributed by atoms with van der Waals surface area (Å²) in [5.41, 5.74) is 2.20. The minimum Gasteiger partial charge on any atom is -0.454 e. The molecule has 0 aromatic heterocycles. The first-order valence-corrected chi connectivity index (χ1v) is 8.82. The molecule has 1 heterocycles. The molecule has 0 radical (unpaired) electrons. The molecule has 7 heteroatoms. The van der Waals surface area contributed by atoms with E-state index < -0.39 is 0 Å². The van der Waals surface area contributed by atoms with Crippen LogP contribution in [0.25, 0.3) is 0 Å². The molecule has 0 bridgehead atoms. The van der Waals surface area contributed by atoms with Gasteiger partial charge in [-0.15, -0.1) is 24.0 Å². The first-order chi connectivity index (χ1) is 12.7. The van der Waals surface area contributed by atoms with Gasteiger partial charge in [0.1, 0.15) is 5.82 Å². The Morgan fingerprint density at radius 1 is 1.00 bits per heavy atom. The number of benzene rings is 2. The van der Waals surface area contributed by atoms with Gasteiger partial charge in [-0.3, -0.25) is 4.99 Å². The number of aliphatic imine (C=N–C) groups is 1. The number of fused-ring (bicyclic) bond motifs is 1. The maximum Gasteiger partial charge on any atom is 0.231 e. The van der Waals surface area contributed by atoms with E-state index >= 15 is 0 Å². The molecule has 0 aliphatic carbocycles. The van der Waals surface area contributed by atoms with Crippen molar-refractivity contribution in [3.05, 3.63) is 59.4 Å². The molecule has 0 fully saturated rings. The van der Waals surface area contributed by atoms with Gasteiger partial charge in [-0.2, -0.15) is 0 Å². The van der Waals surface area contributed by atoms with Crippen molar-refractivity contribution in [1.29, 1.82) is 0 Å². The van der Waals surface area contributed by atoms with E-state index in [-0.39, 0.29) is 29.8 Å². The molecule has 3 rings (SSSR count). The zero-order valence-electron chi connectivity index (χ0n) is 15.3. The van der Waals surface area contributed by atoms with Gasteiger partial charge in [-0.25, -0.2) is 4.39 Å². The van der Waals surface area contributed by atoms with Gasteiger partial charge in [0.25, 0.3) is 0 Å². The number of nitrogens with one attached hydrogen (secondary N) is 2. The molecule has 27 heavy (non-hydrogen) atoms. The summed E-state index contributed by atoms with van der Waals surface area (Å²) in [5, 5.41) is 6.58. The summed E-state index contributed by atoms with van der Waals surface area (Å²) >= 11 is 0. The largest absolute Gasteiger partial charge is 0.454 e. The van der Waals surface area contributed by atoms with Gasteiger partial charge in [0, 0.05) is 20.1 Å². The van der Waals surface area contributed by atoms with Crippen LogP contribution >= 0.6 is 24.0 Å². The third-order valence-corrected chi connectivity index (χ3v) is 4.19. The lowest BCUT2D eigenvalue weighted by Gasteiger charge is -2.12. The van der Waals surface area contributed by atoms with Crippen LogP contribution < -0.4 is 20.1 Å². The van der Waals surface area contributed by atoms with E-state index in [0.717, 1.165) is 55.4 Å². The quantitative estimate of drug-likeness (QED) is 0.273. The lowest BCUT2D eigenvalue weighted by atomic mass is 10.1. The standard InChI is InChI=1S/C20H24FN3O2.HI/c1-22-20(23-10-3-5-15-4-2-6-17(21)12-15)24-11-9-16-7-8-18-19(13-16)26-14-25-18;/h2,4,6-8,12-13H,3,5,9-11,14H2,1H3,(H2,22,23,24);1H. The summed E-state index contributed by atoms with van der Waals surface area (Å²) in [5.74, 6) is 2.20. The molecular weight excluding hydrogens is 460 g/mol. The SMILES string of the molecule is CN=C(NCCCc1cccc(F)c1)NCCc1ccc2c(c1)OCO2.I. The molecule has 0 atom stereocenters. The molecule has 0 saturated carbocycles. The maximum atomic E-state index is 13.2. The molecule has 5 nitrogen and oxygen atoms in total. The van der Waals surface area contributed by atoms with Crippen molar-refractivity contribution in [2.75, 3.05) is 26.9 Å². The van der Waals surface area contributed by atoms with Crippen LogP contribution in [-0.4, -0.2) is 32.9 Å². The van der Waals surface area contributed by atoms with Crippen molar-refractivity contribution in [3.8, 4) is 11.5 Å². The van der Waals surface area contributed by atoms with Gasteiger partial charge in [0.05, 0.1) is 0 Å². The smallest absolute Gasteiger partial charge is 0.231 e. The van der Waals surface area contributed by atoms with E-state index in [0.29, 0.717) is 6.79 Å². The van der Waals surface area contributed by atoms with E-state index in [1.54, 1.807) is 19.2 Å². The minimum absolute atomic E-state index is 0. The second-order valence-corrected chi connectivity index (χ2v) is 6.10. The summed E-state index contributed by atoms with van der Waals surface area (Å²) in [6, 6.07) is 12.7. The highest BCUT2D eigenvalue weighted by atomic mass is 127. The van der Waals surface area contributed by atoms with Crippen molar-refractivity contribution in [2.45, 2.75) is 19.3 Å². The van der Waals surface area contributed by atoms with E-state index in [4.69, 9.17) is 9.47 Å². The highest BCUT2D eigenvalue weighted by Gasteiger charge is 2.12. The van der Waals surface area contributed by atoms with Crippen molar-refractivity contribution < 1.29 is 13.9 Å². The number of nitrogens with zero attached hydrogens (tertiary/aromatic N) is 1. The van der Waals surface area contributed by atoms with Crippen molar-refractivity contribution in [1.82, 2.24) is 10.6 Å². The fourth-order valence-corrected chi connectivity index (χ4v) is 2.83. The third-order valence-electron chi connectivity index (χ3n) is 4.19. The summed E-state index contributed by atoms with van der Waals surface area (Å²) in [6.45, 7) is 1.84. The maximum absolute atomic E-state index is 13.2. The van der Waals surface area contributed by atoms with Crippen LogP contribution in [0.1, 0.15) is 17.5 Å². The molecule has 2 aromatic rings. The van der Waals surface area contributed by atoms with Crippen LogP contribution in [0.3, 0.4) is 0 Å². The first-order valence-electron chi connectivity index (χ1n) is 8.82. The molecular formula is C20H25FIN3O2. The van der Waals surface area contributed by atoms with E-state index in [2.05, 4.69) is 15.6 Å². The Morgan fingerprint density at radius 3 is 2.59 bits per heavy atom. The van der Waals surface area contributed by atoms with Crippen molar-refractivity contribution >= 4 is 29.9 Å². The lowest BCUT2D eigenvalue weighted by molar-refractivity contribution is 0.174. The average molecular weight is 485 g/mol. The van der Waals surface area contributed by atoms with Crippen molar-refractivity contribution in [3.63, 3.8) is 0 Å². The number of rotatable bonds is 7. The zero-order chi connectivity index (χ0) is 18.2. The summed E-state index contributed by atoms with van der Waals surface area (Å²) < 4.78 is 23.9. The summed E-state index contributed by atoms with van der Waals surface area (Å²) in [6.07, 6.45) is 2.60. The monoisotopic (exact) mass is 485 g/mol. The molecule has 0 amide bonds. The molecule has 0 saturated heterocycles. The minimum atomic E-state index is -0.184. The molecule has 2 aromatic carbocycles. The fraction of sp³-hybridized carbons (Fsp3) is 0.350. The molecule has 146 valence electrons. The summed E-state index contributed by atoms with van der Waals surface area (Å²) in [7, 11) is 1.75. The van der Waals surface area contributed by atoms with Crippen LogP contribution in [0, 0.1) is 5.82 Å². The average Bonchev–Trinajstić information content (AvgIpc) is 3.11. The highest BCUT2D eigenvalue weighted by Crippen LogP contribution is 2.32. The van der Waals surface area contributed by atoms with Gasteiger partial charge in [-0.1, -0.05) is 18.2 Å². The fourth-order valence-electron chi connectivity index (χ4n) is 2.83. The van der Waals surface area contributed by atoms with Crippen molar-refractivity contribution in [2.24, 2.45) is 4.99 Å². The second-order valence-electron chi connectivity index (χ2n) is 6.10. The first kappa shape index (κ1) is 21.3. The van der Waals surface area contributed by atoms with Gasteiger partial charge >= 0.3 is 0 Å². The topological polar surface area (TPSA) is 54.9 Å². The van der Waals surface area contributed by atoms with E-state index in [1.807, 2.05) is 24.3 Å². The van der Waals surface area contributed by atoms with Crippen LogP contribution in [-0.2, 0) is 12.8 Å². The van der Waals surface area contributed by atoms with Gasteiger partial charge in [0.2, 0.25) is 6.79 Å². The number of halogens is 2. The van der Waals surface area contributed by atoms with Gasteiger partial charge in [-0.05, 0) is 54.7 Å².